The molecule has 2 rings (SSSR count). The molecule has 1 aromatic carbocycles. The van der Waals surface area contributed by atoms with Crippen LogP contribution in [0.2, 0.25) is 0 Å². The SMILES string of the molecule is O=C(O)[C@@H]1CSCN1C(=O)CNc1ccccc1. The number of aliphatic carboxylic acids is 1. The number of rotatable bonds is 4. The molecule has 1 aliphatic rings. The van der Waals surface area contributed by atoms with E-state index in [-0.39, 0.29) is 12.5 Å². The Morgan fingerprint density at radius 2 is 2.11 bits per heavy atom. The molecule has 0 bridgehead atoms. The molecule has 5 nitrogen and oxygen atoms in total. The molecule has 0 aliphatic carbocycles. The average molecular weight is 266 g/mol. The summed E-state index contributed by atoms with van der Waals surface area (Å²) in [6.45, 7) is 0.119. The molecule has 6 heteroatoms. The van der Waals surface area contributed by atoms with E-state index in [9.17, 15) is 9.59 Å². The number of carbonyl (C=O) groups is 2. The van der Waals surface area contributed by atoms with Crippen LogP contribution in [-0.4, -0.2) is 46.1 Å². The molecule has 0 unspecified atom stereocenters. The van der Waals surface area contributed by atoms with Crippen LogP contribution in [0.15, 0.2) is 30.3 Å². The topological polar surface area (TPSA) is 69.6 Å². The summed E-state index contributed by atoms with van der Waals surface area (Å²) in [7, 11) is 0. The lowest BCUT2D eigenvalue weighted by molar-refractivity contribution is -0.147. The van der Waals surface area contributed by atoms with Crippen LogP contribution in [0, 0.1) is 0 Å². The monoisotopic (exact) mass is 266 g/mol. The number of benzene rings is 1. The van der Waals surface area contributed by atoms with Crippen LogP contribution in [-0.2, 0) is 9.59 Å². The van der Waals surface area contributed by atoms with Gasteiger partial charge in [0.25, 0.3) is 0 Å². The summed E-state index contributed by atoms with van der Waals surface area (Å²) in [6.07, 6.45) is 0. The summed E-state index contributed by atoms with van der Waals surface area (Å²) in [5, 5.41) is 12.0. The Kier molecular flexibility index (Phi) is 4.09. The van der Waals surface area contributed by atoms with Gasteiger partial charge in [0, 0.05) is 11.4 Å². The molecule has 18 heavy (non-hydrogen) atoms. The lowest BCUT2D eigenvalue weighted by Gasteiger charge is -2.20. The molecule has 1 saturated heterocycles. The van der Waals surface area contributed by atoms with Crippen molar-refractivity contribution in [3.05, 3.63) is 30.3 Å². The Morgan fingerprint density at radius 1 is 1.39 bits per heavy atom. The number of hydrogen-bond donors (Lipinski definition) is 2. The number of anilines is 1. The first-order chi connectivity index (χ1) is 8.68. The van der Waals surface area contributed by atoms with E-state index in [0.29, 0.717) is 11.6 Å². The zero-order valence-electron chi connectivity index (χ0n) is 9.70. The minimum absolute atomic E-state index is 0.119. The molecule has 1 aromatic rings. The normalized spacial score (nSPS) is 18.7. The number of amides is 1. The van der Waals surface area contributed by atoms with Gasteiger partial charge in [0.2, 0.25) is 5.91 Å². The van der Waals surface area contributed by atoms with Gasteiger partial charge in [-0.2, -0.15) is 0 Å². The fourth-order valence-electron chi connectivity index (χ4n) is 1.73. The largest absolute Gasteiger partial charge is 0.480 e. The van der Waals surface area contributed by atoms with Crippen molar-refractivity contribution in [2.24, 2.45) is 0 Å². The highest BCUT2D eigenvalue weighted by Crippen LogP contribution is 2.21. The maximum absolute atomic E-state index is 11.9. The molecule has 1 aliphatic heterocycles. The minimum atomic E-state index is -0.937. The summed E-state index contributed by atoms with van der Waals surface area (Å²) >= 11 is 1.47. The number of carboxylic acid groups (broad SMARTS) is 1. The van der Waals surface area contributed by atoms with E-state index in [4.69, 9.17) is 5.11 Å². The minimum Gasteiger partial charge on any atom is -0.480 e. The van der Waals surface area contributed by atoms with E-state index in [1.165, 1.54) is 16.7 Å². The van der Waals surface area contributed by atoms with Gasteiger partial charge in [0.15, 0.2) is 0 Å². The number of nitrogens with one attached hydrogen (secondary N) is 1. The first kappa shape index (κ1) is 12.8. The fraction of sp³-hybridized carbons (Fsp3) is 0.333. The van der Waals surface area contributed by atoms with Crippen LogP contribution in [0.1, 0.15) is 0 Å². The molecule has 0 spiro atoms. The highest BCUT2D eigenvalue weighted by Gasteiger charge is 2.34. The summed E-state index contributed by atoms with van der Waals surface area (Å²) in [5.41, 5.74) is 0.851. The highest BCUT2D eigenvalue weighted by atomic mass is 32.2. The van der Waals surface area contributed by atoms with Crippen molar-refractivity contribution in [2.75, 3.05) is 23.5 Å². The lowest BCUT2D eigenvalue weighted by Crippen LogP contribution is -2.44. The van der Waals surface area contributed by atoms with Crippen LogP contribution < -0.4 is 5.32 Å². The third-order valence-electron chi connectivity index (χ3n) is 2.71. The van der Waals surface area contributed by atoms with Gasteiger partial charge < -0.3 is 15.3 Å². The number of para-hydroxylation sites is 1. The van der Waals surface area contributed by atoms with Gasteiger partial charge in [-0.15, -0.1) is 11.8 Å². The van der Waals surface area contributed by atoms with E-state index in [2.05, 4.69) is 5.32 Å². The van der Waals surface area contributed by atoms with Gasteiger partial charge >= 0.3 is 5.97 Å². The zero-order chi connectivity index (χ0) is 13.0. The van der Waals surface area contributed by atoms with Crippen molar-refractivity contribution < 1.29 is 14.7 Å². The van der Waals surface area contributed by atoms with E-state index >= 15 is 0 Å². The maximum Gasteiger partial charge on any atom is 0.327 e. The van der Waals surface area contributed by atoms with E-state index in [1.54, 1.807) is 0 Å². The second kappa shape index (κ2) is 5.77. The molecule has 1 heterocycles. The van der Waals surface area contributed by atoms with Crippen molar-refractivity contribution in [2.45, 2.75) is 6.04 Å². The number of thioether (sulfide) groups is 1. The van der Waals surface area contributed by atoms with Crippen molar-refractivity contribution in [3.8, 4) is 0 Å². The second-order valence-corrected chi connectivity index (χ2v) is 4.94. The summed E-state index contributed by atoms with van der Waals surface area (Å²) in [4.78, 5) is 24.3. The van der Waals surface area contributed by atoms with Gasteiger partial charge in [0.05, 0.1) is 12.4 Å². The van der Waals surface area contributed by atoms with Gasteiger partial charge in [0.1, 0.15) is 6.04 Å². The molecule has 1 fully saturated rings. The Labute approximate surface area is 109 Å². The van der Waals surface area contributed by atoms with E-state index in [0.717, 1.165) is 5.69 Å². The number of carboxylic acids is 1. The van der Waals surface area contributed by atoms with Gasteiger partial charge in [-0.05, 0) is 12.1 Å². The molecular formula is C12H14N2O3S. The maximum atomic E-state index is 11.9. The van der Waals surface area contributed by atoms with Crippen molar-refractivity contribution >= 4 is 29.3 Å². The molecule has 0 saturated carbocycles. The summed E-state index contributed by atoms with van der Waals surface area (Å²) in [6, 6.07) is 8.67. The third kappa shape index (κ3) is 2.95. The first-order valence-corrected chi connectivity index (χ1v) is 6.73. The van der Waals surface area contributed by atoms with Crippen LogP contribution in [0.4, 0.5) is 5.69 Å². The highest BCUT2D eigenvalue weighted by molar-refractivity contribution is 7.99. The number of carbonyl (C=O) groups excluding carboxylic acids is 1. The fourth-order valence-corrected chi connectivity index (χ4v) is 2.90. The number of hydrogen-bond acceptors (Lipinski definition) is 4. The second-order valence-electron chi connectivity index (χ2n) is 3.94. The Balaban J connectivity index is 1.90. The molecule has 96 valence electrons. The quantitative estimate of drug-likeness (QED) is 0.853. The van der Waals surface area contributed by atoms with Gasteiger partial charge in [-0.3, -0.25) is 4.79 Å². The Hall–Kier alpha value is -1.69. The Bertz CT molecular complexity index is 438. The lowest BCUT2D eigenvalue weighted by atomic mass is 10.3. The molecular weight excluding hydrogens is 252 g/mol. The standard InChI is InChI=1S/C12H14N2O3S/c15-11(6-13-9-4-2-1-3-5-9)14-8-18-7-10(14)12(16)17/h1-5,10,13H,6-8H2,(H,16,17)/t10-/m0/s1. The van der Waals surface area contributed by atoms with Crippen LogP contribution in [0.3, 0.4) is 0 Å². The Morgan fingerprint density at radius 3 is 2.78 bits per heavy atom. The summed E-state index contributed by atoms with van der Waals surface area (Å²) in [5.74, 6) is -0.206. The first-order valence-electron chi connectivity index (χ1n) is 5.57. The van der Waals surface area contributed by atoms with E-state index in [1.807, 2.05) is 30.3 Å². The molecule has 1 atom stereocenters. The molecule has 1 amide bonds. The zero-order valence-corrected chi connectivity index (χ0v) is 10.5. The summed E-state index contributed by atoms with van der Waals surface area (Å²) < 4.78 is 0. The van der Waals surface area contributed by atoms with Crippen molar-refractivity contribution in [1.29, 1.82) is 0 Å². The van der Waals surface area contributed by atoms with Gasteiger partial charge in [-0.1, -0.05) is 18.2 Å². The molecule has 2 N–H and O–H groups in total. The van der Waals surface area contributed by atoms with Crippen LogP contribution in [0.5, 0.6) is 0 Å². The van der Waals surface area contributed by atoms with Crippen molar-refractivity contribution in [3.63, 3.8) is 0 Å². The average Bonchev–Trinajstić information content (AvgIpc) is 2.86. The number of nitrogens with zero attached hydrogens (tertiary/aromatic N) is 1. The van der Waals surface area contributed by atoms with Crippen LogP contribution >= 0.6 is 11.8 Å². The van der Waals surface area contributed by atoms with Crippen molar-refractivity contribution in [1.82, 2.24) is 4.90 Å². The van der Waals surface area contributed by atoms with E-state index < -0.39 is 12.0 Å². The van der Waals surface area contributed by atoms with Crippen LogP contribution in [0.25, 0.3) is 0 Å². The molecule has 0 radical (unpaired) electrons. The smallest absolute Gasteiger partial charge is 0.327 e. The third-order valence-corrected chi connectivity index (χ3v) is 3.72. The van der Waals surface area contributed by atoms with Gasteiger partial charge in [-0.25, -0.2) is 4.79 Å². The molecule has 0 aromatic heterocycles. The predicted octanol–water partition coefficient (Wildman–Crippen LogP) is 1.08. The predicted molar refractivity (Wildman–Crippen MR) is 70.5 cm³/mol.